The number of aryl methyl sites for hydroxylation is 1. The van der Waals surface area contributed by atoms with Gasteiger partial charge in [0.25, 0.3) is 0 Å². The molecule has 0 amide bonds. The van der Waals surface area contributed by atoms with Crippen LogP contribution in [0, 0.1) is 0 Å². The van der Waals surface area contributed by atoms with Gasteiger partial charge in [0.05, 0.1) is 18.1 Å². The molecule has 3 rings (SSSR count). The molecule has 0 saturated carbocycles. The highest BCUT2D eigenvalue weighted by Crippen LogP contribution is 2.29. The van der Waals surface area contributed by atoms with E-state index in [1.807, 2.05) is 30.3 Å². The molecule has 0 spiro atoms. The number of hydrogen-bond donors (Lipinski definition) is 2. The lowest BCUT2D eigenvalue weighted by molar-refractivity contribution is 0.415. The van der Waals surface area contributed by atoms with Gasteiger partial charge in [-0.15, -0.1) is 0 Å². The van der Waals surface area contributed by atoms with Gasteiger partial charge in [0.2, 0.25) is 0 Å². The van der Waals surface area contributed by atoms with Crippen LogP contribution in [0.3, 0.4) is 0 Å². The molecule has 2 aromatic carbocycles. The molecule has 0 fully saturated rings. The van der Waals surface area contributed by atoms with Crippen LogP contribution >= 0.6 is 0 Å². The second-order valence-corrected chi connectivity index (χ2v) is 4.92. The summed E-state index contributed by atoms with van der Waals surface area (Å²) in [7, 11) is 1.65. The monoisotopic (exact) mass is 282 g/mol. The van der Waals surface area contributed by atoms with Crippen LogP contribution in [-0.4, -0.2) is 16.7 Å². The second-order valence-electron chi connectivity index (χ2n) is 4.92. The Bertz CT molecular complexity index is 787. The number of methoxy groups -OCH3 is 1. The van der Waals surface area contributed by atoms with Crippen molar-refractivity contribution in [2.24, 2.45) is 0 Å². The largest absolute Gasteiger partial charge is 0.497 e. The first-order valence-corrected chi connectivity index (χ1v) is 6.83. The number of fused-ring (bicyclic) bond motifs is 1. The Balaban J connectivity index is 2.26. The van der Waals surface area contributed by atoms with E-state index in [9.17, 15) is 0 Å². The highest BCUT2D eigenvalue weighted by Gasteiger charge is 2.13. The third-order valence-electron chi connectivity index (χ3n) is 3.51. The van der Waals surface area contributed by atoms with Crippen molar-refractivity contribution in [1.82, 2.24) is 9.55 Å². The van der Waals surface area contributed by atoms with Crippen molar-refractivity contribution in [1.29, 1.82) is 0 Å². The van der Waals surface area contributed by atoms with Gasteiger partial charge in [-0.3, -0.25) is 0 Å². The number of hydrogen-bond acceptors (Lipinski definition) is 4. The fourth-order valence-electron chi connectivity index (χ4n) is 2.58. The molecule has 108 valence electrons. The van der Waals surface area contributed by atoms with E-state index in [0.717, 1.165) is 34.7 Å². The first kappa shape index (κ1) is 13.3. The number of imidazole rings is 1. The van der Waals surface area contributed by atoms with Crippen LogP contribution in [0.4, 0.5) is 11.4 Å². The van der Waals surface area contributed by atoms with Gasteiger partial charge < -0.3 is 20.8 Å². The highest BCUT2D eigenvalue weighted by atomic mass is 16.5. The summed E-state index contributed by atoms with van der Waals surface area (Å²) in [4.78, 5) is 4.72. The molecule has 4 N–H and O–H groups in total. The van der Waals surface area contributed by atoms with Gasteiger partial charge in [0, 0.05) is 29.5 Å². The van der Waals surface area contributed by atoms with Crippen LogP contribution in [0.2, 0.25) is 0 Å². The van der Waals surface area contributed by atoms with Gasteiger partial charge in [0.1, 0.15) is 11.6 Å². The van der Waals surface area contributed by atoms with Crippen molar-refractivity contribution in [3.8, 4) is 17.1 Å². The molecule has 1 heterocycles. The lowest BCUT2D eigenvalue weighted by Gasteiger charge is -2.08. The van der Waals surface area contributed by atoms with Crippen LogP contribution in [0.15, 0.2) is 36.4 Å². The second kappa shape index (κ2) is 5.01. The minimum Gasteiger partial charge on any atom is -0.497 e. The number of ether oxygens (including phenoxy) is 1. The SMILES string of the molecule is CCn1c(-c2cc(N)cc(N)c2)nc2cc(OC)ccc21. The van der Waals surface area contributed by atoms with Gasteiger partial charge >= 0.3 is 0 Å². The fourth-order valence-corrected chi connectivity index (χ4v) is 2.58. The van der Waals surface area contributed by atoms with E-state index >= 15 is 0 Å². The van der Waals surface area contributed by atoms with E-state index in [2.05, 4.69) is 11.5 Å². The Morgan fingerprint density at radius 1 is 1.10 bits per heavy atom. The summed E-state index contributed by atoms with van der Waals surface area (Å²) < 4.78 is 7.40. The Kier molecular flexibility index (Phi) is 3.17. The molecule has 0 atom stereocenters. The van der Waals surface area contributed by atoms with Crippen LogP contribution in [0.1, 0.15) is 6.92 Å². The zero-order valence-corrected chi connectivity index (χ0v) is 12.1. The van der Waals surface area contributed by atoms with Crippen molar-refractivity contribution >= 4 is 22.4 Å². The topological polar surface area (TPSA) is 79.1 Å². The molecule has 0 bridgehead atoms. The lowest BCUT2D eigenvalue weighted by Crippen LogP contribution is -1.99. The molecule has 0 aliphatic heterocycles. The Labute approximate surface area is 123 Å². The number of nitrogens with zero attached hydrogens (tertiary/aromatic N) is 2. The maximum absolute atomic E-state index is 5.89. The number of anilines is 2. The van der Waals surface area contributed by atoms with Gasteiger partial charge in [-0.25, -0.2) is 4.98 Å². The molecule has 0 radical (unpaired) electrons. The van der Waals surface area contributed by atoms with E-state index < -0.39 is 0 Å². The summed E-state index contributed by atoms with van der Waals surface area (Å²) in [5, 5.41) is 0. The van der Waals surface area contributed by atoms with Crippen molar-refractivity contribution in [3.63, 3.8) is 0 Å². The molecule has 5 nitrogen and oxygen atoms in total. The quantitative estimate of drug-likeness (QED) is 0.724. The predicted octanol–water partition coefficient (Wildman–Crippen LogP) is 2.90. The number of benzene rings is 2. The lowest BCUT2D eigenvalue weighted by atomic mass is 10.1. The average Bonchev–Trinajstić information content (AvgIpc) is 2.83. The normalized spacial score (nSPS) is 11.0. The summed E-state index contributed by atoms with van der Waals surface area (Å²) >= 11 is 0. The van der Waals surface area contributed by atoms with Crippen molar-refractivity contribution in [2.45, 2.75) is 13.5 Å². The summed E-state index contributed by atoms with van der Waals surface area (Å²) in [6, 6.07) is 11.4. The summed E-state index contributed by atoms with van der Waals surface area (Å²) in [6.45, 7) is 2.90. The first-order chi connectivity index (χ1) is 10.1. The molecule has 0 aliphatic rings. The van der Waals surface area contributed by atoms with E-state index in [4.69, 9.17) is 21.2 Å². The first-order valence-electron chi connectivity index (χ1n) is 6.83. The van der Waals surface area contributed by atoms with Crippen LogP contribution < -0.4 is 16.2 Å². The Morgan fingerprint density at radius 2 is 1.81 bits per heavy atom. The zero-order chi connectivity index (χ0) is 15.0. The number of nitrogen functional groups attached to an aromatic ring is 2. The Morgan fingerprint density at radius 3 is 2.43 bits per heavy atom. The molecule has 0 saturated heterocycles. The van der Waals surface area contributed by atoms with Crippen molar-refractivity contribution < 1.29 is 4.74 Å². The van der Waals surface area contributed by atoms with Gasteiger partial charge in [-0.2, -0.15) is 0 Å². The van der Waals surface area contributed by atoms with Crippen LogP contribution in [-0.2, 0) is 6.54 Å². The third kappa shape index (κ3) is 2.27. The highest BCUT2D eigenvalue weighted by molar-refractivity contribution is 5.83. The van der Waals surface area contributed by atoms with Gasteiger partial charge in [-0.05, 0) is 37.3 Å². The van der Waals surface area contributed by atoms with Crippen molar-refractivity contribution in [3.05, 3.63) is 36.4 Å². The minimum absolute atomic E-state index is 0.636. The smallest absolute Gasteiger partial charge is 0.141 e. The molecular formula is C16H18N4O. The van der Waals surface area contributed by atoms with Crippen LogP contribution in [0.5, 0.6) is 5.75 Å². The van der Waals surface area contributed by atoms with Crippen LogP contribution in [0.25, 0.3) is 22.4 Å². The molecule has 1 aromatic heterocycles. The average molecular weight is 282 g/mol. The van der Waals surface area contributed by atoms with E-state index in [1.165, 1.54) is 0 Å². The molecular weight excluding hydrogens is 264 g/mol. The number of rotatable bonds is 3. The predicted molar refractivity (Wildman–Crippen MR) is 86.2 cm³/mol. The summed E-state index contributed by atoms with van der Waals surface area (Å²) in [6.07, 6.45) is 0. The third-order valence-corrected chi connectivity index (χ3v) is 3.51. The summed E-state index contributed by atoms with van der Waals surface area (Å²) in [5.74, 6) is 1.65. The van der Waals surface area contributed by atoms with E-state index in [0.29, 0.717) is 11.4 Å². The maximum Gasteiger partial charge on any atom is 0.141 e. The summed E-state index contributed by atoms with van der Waals surface area (Å²) in [5.41, 5.74) is 15.9. The molecule has 0 unspecified atom stereocenters. The molecule has 3 aromatic rings. The molecule has 21 heavy (non-hydrogen) atoms. The van der Waals surface area contributed by atoms with Gasteiger partial charge in [-0.1, -0.05) is 0 Å². The maximum atomic E-state index is 5.89. The fraction of sp³-hybridized carbons (Fsp3) is 0.188. The van der Waals surface area contributed by atoms with Crippen molar-refractivity contribution in [2.75, 3.05) is 18.6 Å². The molecule has 5 heteroatoms. The number of aromatic nitrogens is 2. The number of nitrogens with two attached hydrogens (primary N) is 2. The zero-order valence-electron chi connectivity index (χ0n) is 12.1. The standard InChI is InChI=1S/C16H18N4O/c1-3-20-15-5-4-13(21-2)9-14(15)19-16(20)10-6-11(17)8-12(18)7-10/h4-9H,3,17-18H2,1-2H3. The van der Waals surface area contributed by atoms with E-state index in [1.54, 1.807) is 13.2 Å². The molecule has 0 aliphatic carbocycles. The minimum atomic E-state index is 0.636. The van der Waals surface area contributed by atoms with Gasteiger partial charge in [0.15, 0.2) is 0 Å². The van der Waals surface area contributed by atoms with E-state index in [-0.39, 0.29) is 0 Å². The Hall–Kier alpha value is -2.69.